The van der Waals surface area contributed by atoms with Crippen LogP contribution in [0.25, 0.3) is 0 Å². The highest BCUT2D eigenvalue weighted by molar-refractivity contribution is 5.95. The molecule has 0 unspecified atom stereocenters. The number of nitrogens with zero attached hydrogens (tertiary/aromatic N) is 1. The summed E-state index contributed by atoms with van der Waals surface area (Å²) >= 11 is 0. The lowest BCUT2D eigenvalue weighted by Gasteiger charge is -2.30. The molecule has 7 nitrogen and oxygen atoms in total. The van der Waals surface area contributed by atoms with E-state index < -0.39 is 6.03 Å². The van der Waals surface area contributed by atoms with Crippen molar-refractivity contribution < 1.29 is 19.1 Å². The van der Waals surface area contributed by atoms with Crippen LogP contribution in [0, 0.1) is 5.92 Å². The van der Waals surface area contributed by atoms with Gasteiger partial charge in [0.2, 0.25) is 5.91 Å². The van der Waals surface area contributed by atoms with Gasteiger partial charge in [-0.3, -0.25) is 19.8 Å². The number of imide groups is 1. The number of likely N-dealkylation sites (tertiary alicyclic amines) is 1. The standard InChI is InChI=1S/C14H25N3O4/c1-3-7-15-14(20)16-12(18)10-17-8-5-6-11(9-17)13(19)21-4-2/h11H,3-10H2,1-2H3,(H2,15,16,18,20)/t11-/m0/s1. The molecule has 0 spiro atoms. The fraction of sp³-hybridized carbons (Fsp3) is 0.786. The van der Waals surface area contributed by atoms with Crippen molar-refractivity contribution in [3.8, 4) is 0 Å². The number of urea groups is 1. The second-order valence-electron chi connectivity index (χ2n) is 5.13. The first-order valence-electron chi connectivity index (χ1n) is 7.53. The van der Waals surface area contributed by atoms with Crippen LogP contribution in [-0.4, -0.2) is 55.6 Å². The van der Waals surface area contributed by atoms with Gasteiger partial charge in [-0.1, -0.05) is 6.92 Å². The summed E-state index contributed by atoms with van der Waals surface area (Å²) in [5.41, 5.74) is 0. The molecule has 0 aromatic carbocycles. The average molecular weight is 299 g/mol. The van der Waals surface area contributed by atoms with Crippen molar-refractivity contribution in [2.45, 2.75) is 33.1 Å². The molecule has 1 atom stereocenters. The van der Waals surface area contributed by atoms with Gasteiger partial charge >= 0.3 is 12.0 Å². The van der Waals surface area contributed by atoms with Crippen molar-refractivity contribution in [3.63, 3.8) is 0 Å². The first-order chi connectivity index (χ1) is 10.1. The van der Waals surface area contributed by atoms with Crippen LogP contribution in [-0.2, 0) is 14.3 Å². The van der Waals surface area contributed by atoms with Crippen molar-refractivity contribution in [1.29, 1.82) is 0 Å². The molecular weight excluding hydrogens is 274 g/mol. The van der Waals surface area contributed by atoms with Gasteiger partial charge < -0.3 is 10.1 Å². The Morgan fingerprint density at radius 1 is 1.29 bits per heavy atom. The Balaban J connectivity index is 2.35. The third-order valence-electron chi connectivity index (χ3n) is 3.28. The van der Waals surface area contributed by atoms with Crippen molar-refractivity contribution in [2.75, 3.05) is 32.8 Å². The summed E-state index contributed by atoms with van der Waals surface area (Å²) in [7, 11) is 0. The van der Waals surface area contributed by atoms with Gasteiger partial charge in [0.1, 0.15) is 0 Å². The van der Waals surface area contributed by atoms with E-state index in [1.807, 2.05) is 11.8 Å². The van der Waals surface area contributed by atoms with Crippen LogP contribution in [0.1, 0.15) is 33.1 Å². The number of amides is 3. The van der Waals surface area contributed by atoms with E-state index in [9.17, 15) is 14.4 Å². The molecule has 120 valence electrons. The average Bonchev–Trinajstić information content (AvgIpc) is 2.45. The van der Waals surface area contributed by atoms with Crippen LogP contribution >= 0.6 is 0 Å². The van der Waals surface area contributed by atoms with Crippen LogP contribution < -0.4 is 10.6 Å². The fourth-order valence-electron chi connectivity index (χ4n) is 2.30. The van der Waals surface area contributed by atoms with Gasteiger partial charge in [0.25, 0.3) is 0 Å². The van der Waals surface area contributed by atoms with Crippen molar-refractivity contribution in [2.24, 2.45) is 5.92 Å². The summed E-state index contributed by atoms with van der Waals surface area (Å²) in [5.74, 6) is -0.739. The highest BCUT2D eigenvalue weighted by Crippen LogP contribution is 2.17. The molecule has 1 rings (SSSR count). The van der Waals surface area contributed by atoms with Crippen LogP contribution in [0.3, 0.4) is 0 Å². The smallest absolute Gasteiger partial charge is 0.321 e. The predicted molar refractivity (Wildman–Crippen MR) is 77.6 cm³/mol. The second kappa shape index (κ2) is 9.33. The third-order valence-corrected chi connectivity index (χ3v) is 3.28. The van der Waals surface area contributed by atoms with E-state index in [2.05, 4.69) is 10.6 Å². The first kappa shape index (κ1) is 17.4. The van der Waals surface area contributed by atoms with Crippen LogP contribution in [0.4, 0.5) is 4.79 Å². The van der Waals surface area contributed by atoms with E-state index in [4.69, 9.17) is 4.74 Å². The van der Waals surface area contributed by atoms with E-state index in [1.54, 1.807) is 6.92 Å². The van der Waals surface area contributed by atoms with Gasteiger partial charge in [0, 0.05) is 13.1 Å². The number of carbonyl (C=O) groups excluding carboxylic acids is 3. The number of piperidine rings is 1. The minimum Gasteiger partial charge on any atom is -0.466 e. The predicted octanol–water partition coefficient (Wildman–Crippen LogP) is 0.497. The summed E-state index contributed by atoms with van der Waals surface area (Å²) < 4.78 is 5.01. The number of hydrogen-bond donors (Lipinski definition) is 2. The Labute approximate surface area is 125 Å². The molecular formula is C14H25N3O4. The van der Waals surface area contributed by atoms with E-state index >= 15 is 0 Å². The molecule has 1 saturated heterocycles. The Bertz CT molecular complexity index is 373. The molecule has 0 aliphatic carbocycles. The maximum Gasteiger partial charge on any atom is 0.321 e. The molecule has 0 bridgehead atoms. The topological polar surface area (TPSA) is 87.7 Å². The Kier molecular flexibility index (Phi) is 7.74. The molecule has 0 radical (unpaired) electrons. The number of ether oxygens (including phenoxy) is 1. The third kappa shape index (κ3) is 6.57. The molecule has 0 aromatic rings. The molecule has 0 saturated carbocycles. The lowest BCUT2D eigenvalue weighted by atomic mass is 9.98. The van der Waals surface area contributed by atoms with E-state index in [-0.39, 0.29) is 24.3 Å². The van der Waals surface area contributed by atoms with Crippen molar-refractivity contribution >= 4 is 17.9 Å². The summed E-state index contributed by atoms with van der Waals surface area (Å²) in [6, 6.07) is -0.471. The molecule has 21 heavy (non-hydrogen) atoms. The Morgan fingerprint density at radius 2 is 2.05 bits per heavy atom. The molecule has 3 amide bonds. The quantitative estimate of drug-likeness (QED) is 0.697. The zero-order valence-electron chi connectivity index (χ0n) is 12.8. The molecule has 1 aliphatic rings. The maximum absolute atomic E-state index is 11.8. The second-order valence-corrected chi connectivity index (χ2v) is 5.13. The highest BCUT2D eigenvalue weighted by Gasteiger charge is 2.27. The molecule has 2 N–H and O–H groups in total. The minimum atomic E-state index is -0.471. The monoisotopic (exact) mass is 299 g/mol. The number of nitrogens with one attached hydrogen (secondary N) is 2. The summed E-state index contributed by atoms with van der Waals surface area (Å²) in [5, 5.41) is 4.87. The lowest BCUT2D eigenvalue weighted by molar-refractivity contribution is -0.150. The summed E-state index contributed by atoms with van der Waals surface area (Å²) in [6.07, 6.45) is 2.45. The zero-order valence-corrected chi connectivity index (χ0v) is 12.8. The normalized spacial score (nSPS) is 18.9. The summed E-state index contributed by atoms with van der Waals surface area (Å²) in [6.45, 7) is 5.99. The van der Waals surface area contributed by atoms with Gasteiger partial charge in [-0.25, -0.2) is 4.79 Å². The number of rotatable bonds is 6. The lowest BCUT2D eigenvalue weighted by Crippen LogP contribution is -2.47. The van der Waals surface area contributed by atoms with Crippen LogP contribution in [0.2, 0.25) is 0 Å². The molecule has 1 aliphatic heterocycles. The number of esters is 1. The van der Waals surface area contributed by atoms with E-state index in [0.29, 0.717) is 19.7 Å². The number of hydrogen-bond acceptors (Lipinski definition) is 5. The van der Waals surface area contributed by atoms with Crippen LogP contribution in [0.15, 0.2) is 0 Å². The van der Waals surface area contributed by atoms with E-state index in [1.165, 1.54) is 0 Å². The minimum absolute atomic E-state index is 0.120. The molecule has 1 fully saturated rings. The van der Waals surface area contributed by atoms with Gasteiger partial charge in [-0.05, 0) is 32.7 Å². The molecule has 0 aromatic heterocycles. The van der Waals surface area contributed by atoms with Gasteiger partial charge in [-0.15, -0.1) is 0 Å². The van der Waals surface area contributed by atoms with Gasteiger partial charge in [-0.2, -0.15) is 0 Å². The maximum atomic E-state index is 11.8. The first-order valence-corrected chi connectivity index (χ1v) is 7.53. The number of carbonyl (C=O) groups is 3. The largest absolute Gasteiger partial charge is 0.466 e. The van der Waals surface area contributed by atoms with Crippen molar-refractivity contribution in [3.05, 3.63) is 0 Å². The molecule has 7 heteroatoms. The van der Waals surface area contributed by atoms with Gasteiger partial charge in [0.15, 0.2) is 0 Å². The van der Waals surface area contributed by atoms with Crippen molar-refractivity contribution in [1.82, 2.24) is 15.5 Å². The van der Waals surface area contributed by atoms with Gasteiger partial charge in [0.05, 0.1) is 19.1 Å². The highest BCUT2D eigenvalue weighted by atomic mass is 16.5. The SMILES string of the molecule is CCCNC(=O)NC(=O)CN1CCC[C@H](C(=O)OCC)C1. The zero-order chi connectivity index (χ0) is 15.7. The fourth-order valence-corrected chi connectivity index (χ4v) is 2.30. The van der Waals surface area contributed by atoms with Crippen LogP contribution in [0.5, 0.6) is 0 Å². The Hall–Kier alpha value is -1.63. The van der Waals surface area contributed by atoms with E-state index in [0.717, 1.165) is 25.8 Å². The summed E-state index contributed by atoms with van der Waals surface area (Å²) in [4.78, 5) is 36.7. The Morgan fingerprint density at radius 3 is 2.71 bits per heavy atom. The molecule has 1 heterocycles.